The number of carbonyl (C=O) groups is 1. The highest BCUT2D eigenvalue weighted by Crippen LogP contribution is 2.39. The van der Waals surface area contributed by atoms with Crippen molar-refractivity contribution in [2.75, 3.05) is 0 Å². The largest absolute Gasteiger partial charge is 0.487 e. The molecule has 0 bridgehead atoms. The van der Waals surface area contributed by atoms with Gasteiger partial charge in [0.1, 0.15) is 12.4 Å². The van der Waals surface area contributed by atoms with Gasteiger partial charge in [-0.15, -0.1) is 11.8 Å². The van der Waals surface area contributed by atoms with E-state index in [0.717, 1.165) is 57.7 Å². The molecule has 0 fully saturated rings. The number of nitrogens with zero attached hydrogens (tertiary/aromatic N) is 1. The highest BCUT2D eigenvalue weighted by atomic mass is 35.5. The summed E-state index contributed by atoms with van der Waals surface area (Å²) in [6.45, 7) is 6.41. The van der Waals surface area contributed by atoms with Crippen LogP contribution in [0.4, 0.5) is 0 Å². The number of ether oxygens (including phenoxy) is 1. The van der Waals surface area contributed by atoms with E-state index in [1.165, 1.54) is 6.08 Å². The van der Waals surface area contributed by atoms with E-state index in [-0.39, 0.29) is 5.92 Å². The molecule has 2 N–H and O–H groups in total. The van der Waals surface area contributed by atoms with Crippen LogP contribution in [-0.2, 0) is 17.0 Å². The van der Waals surface area contributed by atoms with Crippen LogP contribution < -0.4 is 4.74 Å². The molecule has 3 aromatic rings. The molecular formula is C36H38ClNO4. The van der Waals surface area contributed by atoms with E-state index in [0.29, 0.717) is 37.3 Å². The molecule has 42 heavy (non-hydrogen) atoms. The molecule has 218 valence electrons. The number of hydrogen-bond donors (Lipinski definition) is 2. The van der Waals surface area contributed by atoms with Crippen molar-refractivity contribution in [1.82, 2.24) is 4.98 Å². The minimum Gasteiger partial charge on any atom is -0.487 e. The second kappa shape index (κ2) is 14.4. The fourth-order valence-corrected chi connectivity index (χ4v) is 5.52. The molecule has 5 nitrogen and oxygen atoms in total. The van der Waals surface area contributed by atoms with E-state index in [4.69, 9.17) is 16.3 Å². The Balaban J connectivity index is 1.55. The number of fused-ring (bicyclic) bond motifs is 2. The Hall–Kier alpha value is -3.85. The van der Waals surface area contributed by atoms with Gasteiger partial charge in [0.2, 0.25) is 0 Å². The molecular weight excluding hydrogens is 546 g/mol. The smallest absolute Gasteiger partial charge is 0.328 e. The molecule has 6 heteroatoms. The van der Waals surface area contributed by atoms with Crippen LogP contribution in [0.1, 0.15) is 87.2 Å². The summed E-state index contributed by atoms with van der Waals surface area (Å²) in [5.41, 5.74) is 5.35. The maximum absolute atomic E-state index is 11.5. The Morgan fingerprint density at radius 3 is 2.57 bits per heavy atom. The molecule has 1 aliphatic heterocycles. The molecule has 0 saturated carbocycles. The van der Waals surface area contributed by atoms with Gasteiger partial charge in [-0.3, -0.25) is 4.98 Å². The van der Waals surface area contributed by atoms with Crippen LogP contribution >= 0.6 is 11.6 Å². The zero-order valence-electron chi connectivity index (χ0n) is 24.5. The number of pyridine rings is 1. The van der Waals surface area contributed by atoms with Crippen molar-refractivity contribution in [3.05, 3.63) is 106 Å². The minimum absolute atomic E-state index is 0.0391. The first-order chi connectivity index (χ1) is 20.2. The molecule has 1 atom stereocenters. The predicted molar refractivity (Wildman–Crippen MR) is 169 cm³/mol. The number of halogens is 1. The van der Waals surface area contributed by atoms with Gasteiger partial charge in [-0.25, -0.2) is 4.79 Å². The van der Waals surface area contributed by atoms with Crippen molar-refractivity contribution in [2.45, 2.75) is 71.5 Å². The topological polar surface area (TPSA) is 79.7 Å². The quantitative estimate of drug-likeness (QED) is 0.142. The van der Waals surface area contributed by atoms with Crippen molar-refractivity contribution in [1.29, 1.82) is 0 Å². The van der Waals surface area contributed by atoms with Crippen molar-refractivity contribution < 1.29 is 19.7 Å². The van der Waals surface area contributed by atoms with Gasteiger partial charge in [-0.2, -0.15) is 0 Å². The lowest BCUT2D eigenvalue weighted by Crippen LogP contribution is -2.25. The van der Waals surface area contributed by atoms with E-state index < -0.39 is 11.6 Å². The first-order valence-electron chi connectivity index (χ1n) is 14.5. The van der Waals surface area contributed by atoms with Crippen molar-refractivity contribution in [2.24, 2.45) is 5.92 Å². The number of benzene rings is 2. The third-order valence-corrected chi connectivity index (χ3v) is 7.75. The Kier molecular flexibility index (Phi) is 10.6. The third kappa shape index (κ3) is 7.70. The summed E-state index contributed by atoms with van der Waals surface area (Å²) in [4.78, 5) is 16.1. The Bertz CT molecular complexity index is 1530. The van der Waals surface area contributed by atoms with E-state index in [2.05, 4.69) is 29.8 Å². The van der Waals surface area contributed by atoms with E-state index in [1.807, 2.05) is 68.4 Å². The number of aliphatic hydroxyl groups is 1. The first-order valence-corrected chi connectivity index (χ1v) is 14.9. The highest BCUT2D eigenvalue weighted by Gasteiger charge is 2.27. The van der Waals surface area contributed by atoms with Crippen LogP contribution in [0.15, 0.2) is 72.9 Å². The molecule has 1 unspecified atom stereocenters. The summed E-state index contributed by atoms with van der Waals surface area (Å²) in [6, 6.07) is 17.2. The van der Waals surface area contributed by atoms with Gasteiger partial charge in [0.15, 0.2) is 0 Å². The van der Waals surface area contributed by atoms with Crippen LogP contribution in [-0.4, -0.2) is 21.2 Å². The number of aromatic nitrogens is 1. The molecule has 0 radical (unpaired) electrons. The molecule has 0 amide bonds. The molecule has 0 aliphatic carbocycles. The highest BCUT2D eigenvalue weighted by molar-refractivity contribution is 6.30. The Morgan fingerprint density at radius 1 is 1.10 bits per heavy atom. The van der Waals surface area contributed by atoms with Gasteiger partial charge in [-0.05, 0) is 77.8 Å². The summed E-state index contributed by atoms with van der Waals surface area (Å²) in [5.74, 6) is 6.36. The number of aliphatic carboxylic acids is 1. The van der Waals surface area contributed by atoms with Crippen molar-refractivity contribution in [3.63, 3.8) is 0 Å². The number of carboxylic acids is 1. The standard InChI is InChI=1S/C36H38ClNO4/c1-4-19-36(41,27-14-16-28(37)17-15-27)20-9-7-5-6-8-11-29-30-12-10-21-38-33(30)24-42-34-18-13-26(22-32(29)34)31(25(2)3)23-35(39)40/h10-18,21-23,25,41H,4,6,8-9,19-20,24H2,1-3H3,(H,39,40)/b29-11+,31-23+. The fraction of sp³-hybridized carbons (Fsp3) is 0.333. The lowest BCUT2D eigenvalue weighted by atomic mass is 9.85. The molecule has 0 spiro atoms. The summed E-state index contributed by atoms with van der Waals surface area (Å²) in [7, 11) is 0. The second-order valence-electron chi connectivity index (χ2n) is 10.9. The Morgan fingerprint density at radius 2 is 1.86 bits per heavy atom. The summed E-state index contributed by atoms with van der Waals surface area (Å²) >= 11 is 6.04. The SMILES string of the molecule is CCCC(O)(CCC#CCC/C=C1/c2cc(/C(=C/C(=O)O)C(C)C)ccc2OCc2ncccc21)c1ccc(Cl)cc1. The summed E-state index contributed by atoms with van der Waals surface area (Å²) in [6.07, 6.45) is 9.30. The lowest BCUT2D eigenvalue weighted by molar-refractivity contribution is -0.131. The zero-order valence-corrected chi connectivity index (χ0v) is 25.2. The van der Waals surface area contributed by atoms with Crippen LogP contribution in [0.25, 0.3) is 11.1 Å². The van der Waals surface area contributed by atoms with Crippen LogP contribution in [0.3, 0.4) is 0 Å². The molecule has 0 saturated heterocycles. The minimum atomic E-state index is -0.963. The maximum atomic E-state index is 11.5. The van der Waals surface area contributed by atoms with Gasteiger partial charge < -0.3 is 14.9 Å². The Labute approximate surface area is 253 Å². The van der Waals surface area contributed by atoms with E-state index >= 15 is 0 Å². The normalized spacial score (nSPS) is 15.1. The number of unbranched alkanes of at least 4 members (excludes halogenated alkanes) is 1. The zero-order chi connectivity index (χ0) is 30.1. The van der Waals surface area contributed by atoms with Crippen LogP contribution in [0, 0.1) is 17.8 Å². The molecule has 1 aromatic heterocycles. The summed E-state index contributed by atoms with van der Waals surface area (Å²) in [5, 5.41) is 21.4. The lowest BCUT2D eigenvalue weighted by Gasteiger charge is -2.28. The fourth-order valence-electron chi connectivity index (χ4n) is 5.39. The summed E-state index contributed by atoms with van der Waals surface area (Å²) < 4.78 is 6.14. The third-order valence-electron chi connectivity index (χ3n) is 7.50. The maximum Gasteiger partial charge on any atom is 0.328 e. The van der Waals surface area contributed by atoms with Crippen LogP contribution in [0.2, 0.25) is 5.02 Å². The number of carboxylic acid groups (broad SMARTS) is 1. The first kappa shape index (κ1) is 31.1. The van der Waals surface area contributed by atoms with Gasteiger partial charge in [0.25, 0.3) is 0 Å². The van der Waals surface area contributed by atoms with Crippen molar-refractivity contribution in [3.8, 4) is 17.6 Å². The van der Waals surface area contributed by atoms with Gasteiger partial charge >= 0.3 is 5.97 Å². The second-order valence-corrected chi connectivity index (χ2v) is 11.3. The molecule has 1 aliphatic rings. The van der Waals surface area contributed by atoms with Gasteiger partial charge in [0, 0.05) is 41.3 Å². The van der Waals surface area contributed by atoms with Gasteiger partial charge in [-0.1, -0.05) is 69.1 Å². The number of rotatable bonds is 10. The van der Waals surface area contributed by atoms with E-state index in [9.17, 15) is 15.0 Å². The predicted octanol–water partition coefficient (Wildman–Crippen LogP) is 8.43. The van der Waals surface area contributed by atoms with E-state index in [1.54, 1.807) is 6.20 Å². The number of allylic oxidation sites excluding steroid dienone is 2. The number of hydrogen-bond acceptors (Lipinski definition) is 4. The van der Waals surface area contributed by atoms with Crippen LogP contribution in [0.5, 0.6) is 5.75 Å². The average Bonchev–Trinajstić information content (AvgIpc) is 3.12. The van der Waals surface area contributed by atoms with Gasteiger partial charge in [0.05, 0.1) is 11.3 Å². The monoisotopic (exact) mass is 583 g/mol. The molecule has 2 heterocycles. The van der Waals surface area contributed by atoms with Crippen molar-refractivity contribution >= 4 is 28.7 Å². The molecule has 2 aromatic carbocycles. The average molecular weight is 584 g/mol. The molecule has 4 rings (SSSR count).